The minimum Gasteiger partial charge on any atom is -0.325 e. The van der Waals surface area contributed by atoms with Crippen LogP contribution in [0.1, 0.15) is 16.7 Å². The molecule has 0 aliphatic carbocycles. The van der Waals surface area contributed by atoms with Crippen LogP contribution in [0.3, 0.4) is 0 Å². The maximum absolute atomic E-state index is 14.5. The number of aryl methyl sites for hydroxylation is 3. The Balaban J connectivity index is 1.61. The highest BCUT2D eigenvalue weighted by Gasteiger charge is 2.19. The Morgan fingerprint density at radius 3 is 2.44 bits per heavy atom. The first kappa shape index (κ1) is 21.8. The zero-order chi connectivity index (χ0) is 22.7. The summed E-state index contributed by atoms with van der Waals surface area (Å²) in [4.78, 5) is 12.6. The van der Waals surface area contributed by atoms with Gasteiger partial charge >= 0.3 is 0 Å². The number of aromatic nitrogens is 3. The number of carbonyl (C=O) groups excluding carboxylic acids is 1. The second-order valence-electron chi connectivity index (χ2n) is 7.59. The standard InChI is InChI=1S/C25H23FN4OS/c1-16-8-12-20(13-9-16)30-24(21-6-4-5-7-22(21)26)28-29-25(30)32-15-23(31)27-19-11-10-17(2)18(3)14-19/h4-14H,15H2,1-3H3,(H,27,31). The van der Waals surface area contributed by atoms with Crippen molar-refractivity contribution in [1.82, 2.24) is 14.8 Å². The molecule has 32 heavy (non-hydrogen) atoms. The summed E-state index contributed by atoms with van der Waals surface area (Å²) in [7, 11) is 0. The fraction of sp³-hybridized carbons (Fsp3) is 0.160. The van der Waals surface area contributed by atoms with Gasteiger partial charge in [-0.15, -0.1) is 10.2 Å². The fourth-order valence-electron chi connectivity index (χ4n) is 3.25. The van der Waals surface area contributed by atoms with Gasteiger partial charge in [0.1, 0.15) is 5.82 Å². The van der Waals surface area contributed by atoms with Gasteiger partial charge in [0, 0.05) is 11.4 Å². The van der Waals surface area contributed by atoms with Crippen molar-refractivity contribution in [2.24, 2.45) is 0 Å². The minimum absolute atomic E-state index is 0.147. The van der Waals surface area contributed by atoms with Crippen LogP contribution in [0.2, 0.25) is 0 Å². The highest BCUT2D eigenvalue weighted by Crippen LogP contribution is 2.29. The average Bonchev–Trinajstić information content (AvgIpc) is 3.19. The van der Waals surface area contributed by atoms with Gasteiger partial charge in [-0.05, 0) is 68.3 Å². The first-order valence-corrected chi connectivity index (χ1v) is 11.2. The average molecular weight is 447 g/mol. The van der Waals surface area contributed by atoms with Gasteiger partial charge < -0.3 is 5.32 Å². The van der Waals surface area contributed by atoms with E-state index in [4.69, 9.17) is 0 Å². The summed E-state index contributed by atoms with van der Waals surface area (Å²) < 4.78 is 16.3. The van der Waals surface area contributed by atoms with Gasteiger partial charge in [-0.25, -0.2) is 4.39 Å². The van der Waals surface area contributed by atoms with Crippen LogP contribution in [0.5, 0.6) is 0 Å². The number of rotatable bonds is 6. The Kier molecular flexibility index (Phi) is 6.37. The van der Waals surface area contributed by atoms with Crippen molar-refractivity contribution in [3.63, 3.8) is 0 Å². The molecular weight excluding hydrogens is 423 g/mol. The molecule has 5 nitrogen and oxygen atoms in total. The highest BCUT2D eigenvalue weighted by molar-refractivity contribution is 7.99. The number of hydrogen-bond acceptors (Lipinski definition) is 4. The Bertz CT molecular complexity index is 1270. The van der Waals surface area contributed by atoms with Crippen molar-refractivity contribution in [2.75, 3.05) is 11.1 Å². The summed E-state index contributed by atoms with van der Waals surface area (Å²) >= 11 is 1.26. The molecule has 0 saturated heterocycles. The molecule has 0 aliphatic rings. The van der Waals surface area contributed by atoms with E-state index in [1.165, 1.54) is 23.4 Å². The van der Waals surface area contributed by atoms with Crippen LogP contribution in [-0.4, -0.2) is 26.4 Å². The molecule has 0 aliphatic heterocycles. The first-order valence-electron chi connectivity index (χ1n) is 10.2. The molecule has 1 N–H and O–H groups in total. The van der Waals surface area contributed by atoms with E-state index >= 15 is 0 Å². The maximum Gasteiger partial charge on any atom is 0.234 e. The maximum atomic E-state index is 14.5. The van der Waals surface area contributed by atoms with Crippen LogP contribution in [0, 0.1) is 26.6 Å². The molecule has 0 saturated carbocycles. The van der Waals surface area contributed by atoms with Crippen LogP contribution < -0.4 is 5.32 Å². The Hall–Kier alpha value is -3.45. The molecule has 0 radical (unpaired) electrons. The SMILES string of the molecule is Cc1ccc(-n2c(SCC(=O)Nc3ccc(C)c(C)c3)nnc2-c2ccccc2F)cc1. The monoisotopic (exact) mass is 446 g/mol. The molecule has 1 amide bonds. The van der Waals surface area contributed by atoms with Crippen LogP contribution in [-0.2, 0) is 4.79 Å². The fourth-order valence-corrected chi connectivity index (χ4v) is 4.01. The van der Waals surface area contributed by atoms with Crippen molar-refractivity contribution < 1.29 is 9.18 Å². The summed E-state index contributed by atoms with van der Waals surface area (Å²) in [5.41, 5.74) is 5.30. The van der Waals surface area contributed by atoms with Gasteiger partial charge in [0.05, 0.1) is 11.3 Å². The number of nitrogens with zero attached hydrogens (tertiary/aromatic N) is 3. The highest BCUT2D eigenvalue weighted by atomic mass is 32.2. The third-order valence-corrected chi connectivity index (χ3v) is 6.09. The van der Waals surface area contributed by atoms with E-state index in [-0.39, 0.29) is 17.5 Å². The molecule has 7 heteroatoms. The van der Waals surface area contributed by atoms with Crippen LogP contribution in [0.15, 0.2) is 71.9 Å². The topological polar surface area (TPSA) is 59.8 Å². The molecule has 4 aromatic rings. The molecule has 4 rings (SSSR count). The van der Waals surface area contributed by atoms with E-state index in [2.05, 4.69) is 15.5 Å². The number of hydrogen-bond donors (Lipinski definition) is 1. The van der Waals surface area contributed by atoms with Gasteiger partial charge in [-0.2, -0.15) is 0 Å². The van der Waals surface area contributed by atoms with Crippen LogP contribution in [0.25, 0.3) is 17.1 Å². The molecule has 3 aromatic carbocycles. The zero-order valence-electron chi connectivity index (χ0n) is 18.1. The molecule has 0 fully saturated rings. The van der Waals surface area contributed by atoms with Crippen molar-refractivity contribution in [3.05, 3.63) is 89.2 Å². The van der Waals surface area contributed by atoms with Gasteiger partial charge in [0.25, 0.3) is 0 Å². The number of nitrogens with one attached hydrogen (secondary N) is 1. The van der Waals surface area contributed by atoms with Gasteiger partial charge in [-0.3, -0.25) is 9.36 Å². The zero-order valence-corrected chi connectivity index (χ0v) is 18.9. The van der Waals surface area contributed by atoms with E-state index in [1.54, 1.807) is 22.8 Å². The smallest absolute Gasteiger partial charge is 0.234 e. The lowest BCUT2D eigenvalue weighted by Gasteiger charge is -2.11. The number of halogens is 1. The summed E-state index contributed by atoms with van der Waals surface area (Å²) in [6, 6.07) is 20.1. The third kappa shape index (κ3) is 4.73. The number of benzene rings is 3. The van der Waals surface area contributed by atoms with Gasteiger partial charge in [-0.1, -0.05) is 47.7 Å². The van der Waals surface area contributed by atoms with Crippen molar-refractivity contribution in [3.8, 4) is 17.1 Å². The van der Waals surface area contributed by atoms with E-state index in [0.29, 0.717) is 16.5 Å². The lowest BCUT2D eigenvalue weighted by molar-refractivity contribution is -0.113. The molecule has 1 aromatic heterocycles. The lowest BCUT2D eigenvalue weighted by atomic mass is 10.1. The minimum atomic E-state index is -0.378. The van der Waals surface area contributed by atoms with E-state index < -0.39 is 0 Å². The number of thioether (sulfide) groups is 1. The van der Waals surface area contributed by atoms with E-state index in [0.717, 1.165) is 22.5 Å². The molecule has 0 unspecified atom stereocenters. The van der Waals surface area contributed by atoms with Crippen molar-refractivity contribution in [1.29, 1.82) is 0 Å². The predicted octanol–water partition coefficient (Wildman–Crippen LogP) is 5.73. The quantitative estimate of drug-likeness (QED) is 0.384. The largest absolute Gasteiger partial charge is 0.325 e. The Morgan fingerprint density at radius 1 is 0.969 bits per heavy atom. The van der Waals surface area contributed by atoms with Crippen LogP contribution in [0.4, 0.5) is 10.1 Å². The van der Waals surface area contributed by atoms with E-state index in [1.807, 2.05) is 63.2 Å². The summed E-state index contributed by atoms with van der Waals surface area (Å²) in [5.74, 6) is 0.0132. The molecule has 1 heterocycles. The second-order valence-corrected chi connectivity index (χ2v) is 8.54. The first-order chi connectivity index (χ1) is 15.4. The van der Waals surface area contributed by atoms with Gasteiger partial charge in [0.15, 0.2) is 11.0 Å². The summed E-state index contributed by atoms with van der Waals surface area (Å²) in [6.07, 6.45) is 0. The van der Waals surface area contributed by atoms with Crippen molar-refractivity contribution in [2.45, 2.75) is 25.9 Å². The molecular formula is C25H23FN4OS. The molecule has 162 valence electrons. The molecule has 0 atom stereocenters. The number of carbonyl (C=O) groups is 1. The second kappa shape index (κ2) is 9.36. The van der Waals surface area contributed by atoms with Crippen molar-refractivity contribution >= 4 is 23.4 Å². The third-order valence-electron chi connectivity index (χ3n) is 5.16. The summed E-state index contributed by atoms with van der Waals surface area (Å²) in [6.45, 7) is 6.04. The van der Waals surface area contributed by atoms with Gasteiger partial charge in [0.2, 0.25) is 5.91 Å². The number of anilines is 1. The molecule has 0 spiro atoms. The van der Waals surface area contributed by atoms with Crippen LogP contribution >= 0.6 is 11.8 Å². The predicted molar refractivity (Wildman–Crippen MR) is 127 cm³/mol. The Labute approximate surface area is 190 Å². The number of amides is 1. The molecule has 0 bridgehead atoms. The summed E-state index contributed by atoms with van der Waals surface area (Å²) in [5, 5.41) is 11.9. The van der Waals surface area contributed by atoms with E-state index in [9.17, 15) is 9.18 Å². The normalized spacial score (nSPS) is 10.9. The lowest BCUT2D eigenvalue weighted by Crippen LogP contribution is -2.14. The Morgan fingerprint density at radius 2 is 1.72 bits per heavy atom.